The molecule has 18 heavy (non-hydrogen) atoms. The van der Waals surface area contributed by atoms with Gasteiger partial charge in [-0.15, -0.1) is 0 Å². The monoisotopic (exact) mass is 248 g/mol. The summed E-state index contributed by atoms with van der Waals surface area (Å²) in [6.07, 6.45) is 1.15. The number of hydrogen-bond acceptors (Lipinski definition) is 2. The first-order valence-electron chi connectivity index (χ1n) is 6.93. The molecule has 0 radical (unpaired) electrons. The van der Waals surface area contributed by atoms with Crippen molar-refractivity contribution in [2.45, 2.75) is 41.0 Å². The SMILES string of the molecule is C=C1C(=C)C(N(CC)CC)=C1NCCC(C)(C)C. The molecule has 0 aliphatic heterocycles. The Morgan fingerprint density at radius 1 is 1.06 bits per heavy atom. The van der Waals surface area contributed by atoms with Crippen LogP contribution in [-0.2, 0) is 0 Å². The summed E-state index contributed by atoms with van der Waals surface area (Å²) < 4.78 is 0. The fourth-order valence-electron chi connectivity index (χ4n) is 2.17. The zero-order chi connectivity index (χ0) is 13.9. The number of nitrogens with one attached hydrogen (secondary N) is 1. The van der Waals surface area contributed by atoms with Crippen LogP contribution in [0.3, 0.4) is 0 Å². The van der Waals surface area contributed by atoms with E-state index in [1.807, 2.05) is 0 Å². The Hall–Kier alpha value is -1.18. The Labute approximate surface area is 112 Å². The Balaban J connectivity index is 2.71. The van der Waals surface area contributed by atoms with E-state index in [0.29, 0.717) is 5.41 Å². The highest BCUT2D eigenvalue weighted by molar-refractivity contribution is 5.66. The van der Waals surface area contributed by atoms with E-state index in [1.165, 1.54) is 11.4 Å². The summed E-state index contributed by atoms with van der Waals surface area (Å²) in [6.45, 7) is 22.4. The number of rotatable bonds is 6. The highest BCUT2D eigenvalue weighted by Crippen LogP contribution is 2.37. The summed E-state index contributed by atoms with van der Waals surface area (Å²) in [5, 5.41) is 3.53. The second-order valence-corrected chi connectivity index (χ2v) is 6.09. The van der Waals surface area contributed by atoms with Gasteiger partial charge in [-0.1, -0.05) is 33.9 Å². The molecule has 0 heterocycles. The van der Waals surface area contributed by atoms with Crippen molar-refractivity contribution < 1.29 is 0 Å². The molecule has 0 aromatic rings. The Morgan fingerprint density at radius 3 is 2.06 bits per heavy atom. The van der Waals surface area contributed by atoms with Gasteiger partial charge in [0.05, 0.1) is 11.4 Å². The van der Waals surface area contributed by atoms with Crippen molar-refractivity contribution >= 4 is 0 Å². The second-order valence-electron chi connectivity index (χ2n) is 6.09. The summed E-state index contributed by atoms with van der Waals surface area (Å²) in [6, 6.07) is 0. The first-order valence-corrected chi connectivity index (χ1v) is 6.93. The standard InChI is InChI=1S/C16H28N2/c1-8-18(9-2)15-13(4)12(3)14(15)17-11-10-16(5,6)7/h17H,3-4,8-11H2,1-2,5-7H3. The third-order valence-electron chi connectivity index (χ3n) is 3.45. The average Bonchev–Trinajstić information content (AvgIpc) is 2.30. The highest BCUT2D eigenvalue weighted by atomic mass is 15.2. The van der Waals surface area contributed by atoms with Crippen molar-refractivity contribution in [2.75, 3.05) is 19.6 Å². The lowest BCUT2D eigenvalue weighted by Gasteiger charge is -2.38. The summed E-state index contributed by atoms with van der Waals surface area (Å²) in [5.41, 5.74) is 5.00. The maximum Gasteiger partial charge on any atom is 0.0682 e. The molecule has 1 N–H and O–H groups in total. The van der Waals surface area contributed by atoms with Crippen LogP contribution in [0, 0.1) is 5.41 Å². The van der Waals surface area contributed by atoms with Crippen LogP contribution >= 0.6 is 0 Å². The molecule has 0 aromatic carbocycles. The zero-order valence-corrected chi connectivity index (χ0v) is 12.7. The van der Waals surface area contributed by atoms with Gasteiger partial charge in [0.2, 0.25) is 0 Å². The number of likely N-dealkylation sites (N-methyl/N-ethyl adjacent to an activating group) is 1. The van der Waals surface area contributed by atoms with E-state index in [4.69, 9.17) is 0 Å². The Morgan fingerprint density at radius 2 is 1.61 bits per heavy atom. The highest BCUT2D eigenvalue weighted by Gasteiger charge is 2.29. The number of nitrogens with zero attached hydrogens (tertiary/aromatic N) is 1. The number of allylic oxidation sites excluding steroid dienone is 2. The molecule has 0 amide bonds. The van der Waals surface area contributed by atoms with Gasteiger partial charge in [-0.05, 0) is 25.7 Å². The van der Waals surface area contributed by atoms with Crippen LogP contribution in [0.1, 0.15) is 41.0 Å². The van der Waals surface area contributed by atoms with E-state index in [0.717, 1.165) is 37.2 Å². The molecule has 2 heteroatoms. The summed E-state index contributed by atoms with van der Waals surface area (Å²) in [7, 11) is 0. The van der Waals surface area contributed by atoms with E-state index in [-0.39, 0.29) is 0 Å². The second kappa shape index (κ2) is 5.64. The number of hydrogen-bond donors (Lipinski definition) is 1. The molecule has 0 bridgehead atoms. The predicted octanol–water partition coefficient (Wildman–Crippen LogP) is 3.69. The molecule has 1 aliphatic carbocycles. The molecule has 0 aromatic heterocycles. The van der Waals surface area contributed by atoms with E-state index in [2.05, 4.69) is 58.0 Å². The zero-order valence-electron chi connectivity index (χ0n) is 12.7. The largest absolute Gasteiger partial charge is 0.383 e. The molecular formula is C16H28N2. The summed E-state index contributed by atoms with van der Waals surface area (Å²) in [4.78, 5) is 2.34. The van der Waals surface area contributed by atoms with Crippen molar-refractivity contribution in [3.63, 3.8) is 0 Å². The van der Waals surface area contributed by atoms with Gasteiger partial charge in [0.25, 0.3) is 0 Å². The van der Waals surface area contributed by atoms with Gasteiger partial charge in [0.1, 0.15) is 0 Å². The lowest BCUT2D eigenvalue weighted by molar-refractivity contribution is 0.360. The topological polar surface area (TPSA) is 15.3 Å². The molecule has 0 atom stereocenters. The molecule has 0 saturated heterocycles. The van der Waals surface area contributed by atoms with Crippen LogP contribution in [-0.4, -0.2) is 24.5 Å². The van der Waals surface area contributed by atoms with E-state index >= 15 is 0 Å². The maximum absolute atomic E-state index is 4.11. The molecule has 1 rings (SSSR count). The van der Waals surface area contributed by atoms with Crippen LogP contribution in [0.2, 0.25) is 0 Å². The fourth-order valence-corrected chi connectivity index (χ4v) is 2.17. The molecule has 0 saturated carbocycles. The van der Waals surface area contributed by atoms with Gasteiger partial charge in [0, 0.05) is 30.8 Å². The van der Waals surface area contributed by atoms with Crippen LogP contribution in [0.25, 0.3) is 0 Å². The lowest BCUT2D eigenvalue weighted by atomic mass is 9.87. The van der Waals surface area contributed by atoms with Gasteiger partial charge < -0.3 is 10.2 Å². The van der Waals surface area contributed by atoms with E-state index in [1.54, 1.807) is 0 Å². The van der Waals surface area contributed by atoms with Gasteiger partial charge in [-0.25, -0.2) is 0 Å². The van der Waals surface area contributed by atoms with Crippen molar-refractivity contribution in [3.8, 4) is 0 Å². The molecule has 0 fully saturated rings. The fraction of sp³-hybridized carbons (Fsp3) is 0.625. The summed E-state index contributed by atoms with van der Waals surface area (Å²) >= 11 is 0. The van der Waals surface area contributed by atoms with Crippen LogP contribution < -0.4 is 5.32 Å². The van der Waals surface area contributed by atoms with Crippen molar-refractivity contribution in [1.29, 1.82) is 0 Å². The lowest BCUT2D eigenvalue weighted by Crippen LogP contribution is -2.36. The molecule has 0 unspecified atom stereocenters. The average molecular weight is 248 g/mol. The normalized spacial score (nSPS) is 15.8. The third kappa shape index (κ3) is 3.18. The van der Waals surface area contributed by atoms with Crippen LogP contribution in [0.4, 0.5) is 0 Å². The van der Waals surface area contributed by atoms with Gasteiger partial charge in [0.15, 0.2) is 0 Å². The van der Waals surface area contributed by atoms with Gasteiger partial charge >= 0.3 is 0 Å². The quantitative estimate of drug-likeness (QED) is 0.771. The first kappa shape index (κ1) is 14.9. The van der Waals surface area contributed by atoms with Crippen molar-refractivity contribution in [1.82, 2.24) is 10.2 Å². The van der Waals surface area contributed by atoms with E-state index < -0.39 is 0 Å². The Kier molecular flexibility index (Phi) is 4.66. The van der Waals surface area contributed by atoms with Gasteiger partial charge in [-0.3, -0.25) is 0 Å². The molecule has 102 valence electrons. The molecule has 0 spiro atoms. The Bertz CT molecular complexity index is 365. The third-order valence-corrected chi connectivity index (χ3v) is 3.45. The smallest absolute Gasteiger partial charge is 0.0682 e. The maximum atomic E-state index is 4.11. The predicted molar refractivity (Wildman–Crippen MR) is 80.3 cm³/mol. The van der Waals surface area contributed by atoms with Crippen LogP contribution in [0.5, 0.6) is 0 Å². The molecular weight excluding hydrogens is 220 g/mol. The van der Waals surface area contributed by atoms with E-state index in [9.17, 15) is 0 Å². The molecule has 2 nitrogen and oxygen atoms in total. The van der Waals surface area contributed by atoms with Crippen LogP contribution in [0.15, 0.2) is 35.7 Å². The minimum absolute atomic E-state index is 0.366. The minimum atomic E-state index is 0.366. The minimum Gasteiger partial charge on any atom is -0.383 e. The summed E-state index contributed by atoms with van der Waals surface area (Å²) in [5.74, 6) is 0. The first-order chi connectivity index (χ1) is 8.31. The van der Waals surface area contributed by atoms with Crippen molar-refractivity contribution in [2.24, 2.45) is 5.41 Å². The van der Waals surface area contributed by atoms with Gasteiger partial charge in [-0.2, -0.15) is 0 Å². The molecule has 1 aliphatic rings. The van der Waals surface area contributed by atoms with Crippen molar-refractivity contribution in [3.05, 3.63) is 35.7 Å².